The van der Waals surface area contributed by atoms with Gasteiger partial charge < -0.3 is 10.4 Å². The van der Waals surface area contributed by atoms with Gasteiger partial charge in [0.15, 0.2) is 11.5 Å². The molecule has 4 rings (SSSR count). The normalized spacial score (nSPS) is 15.1. The second kappa shape index (κ2) is 6.29. The second-order valence-electron chi connectivity index (χ2n) is 5.96. The Morgan fingerprint density at radius 2 is 1.81 bits per heavy atom. The molecule has 3 N–H and O–H groups in total. The largest absolute Gasteiger partial charge is 0.505 e. The van der Waals surface area contributed by atoms with Gasteiger partial charge in [0, 0.05) is 21.7 Å². The molecule has 1 aliphatic heterocycles. The lowest BCUT2D eigenvalue weighted by Crippen LogP contribution is -2.35. The SMILES string of the molecule is O=C(Nc1cccc(Cl)c1)C1=C(O)c2ccc3ccccc3c2S(=O)(=O)N1. The summed E-state index contributed by atoms with van der Waals surface area (Å²) in [7, 11) is -4.05. The van der Waals surface area contributed by atoms with Gasteiger partial charge in [-0.3, -0.25) is 9.52 Å². The van der Waals surface area contributed by atoms with E-state index in [0.717, 1.165) is 0 Å². The lowest BCUT2D eigenvalue weighted by Gasteiger charge is -2.22. The molecule has 6 nitrogen and oxygen atoms in total. The molecule has 0 radical (unpaired) electrons. The Kier molecular flexibility index (Phi) is 4.05. The molecule has 0 spiro atoms. The van der Waals surface area contributed by atoms with E-state index in [9.17, 15) is 18.3 Å². The number of sulfonamides is 1. The quantitative estimate of drug-likeness (QED) is 0.611. The summed E-state index contributed by atoms with van der Waals surface area (Å²) in [4.78, 5) is 12.5. The molecule has 1 amide bonds. The highest BCUT2D eigenvalue weighted by Gasteiger charge is 2.34. The molecular formula is C19H13ClN2O4S. The third-order valence-electron chi connectivity index (χ3n) is 4.19. The number of fused-ring (bicyclic) bond motifs is 3. The predicted octanol–water partition coefficient (Wildman–Crippen LogP) is 3.65. The van der Waals surface area contributed by atoms with Crippen molar-refractivity contribution in [2.75, 3.05) is 5.32 Å². The number of aliphatic hydroxyl groups excluding tert-OH is 1. The van der Waals surface area contributed by atoms with Gasteiger partial charge in [0.1, 0.15) is 4.90 Å². The number of nitrogens with one attached hydrogen (secondary N) is 2. The van der Waals surface area contributed by atoms with Crippen molar-refractivity contribution >= 4 is 49.8 Å². The van der Waals surface area contributed by atoms with Gasteiger partial charge in [-0.25, -0.2) is 8.42 Å². The predicted molar refractivity (Wildman–Crippen MR) is 104 cm³/mol. The van der Waals surface area contributed by atoms with Gasteiger partial charge in [0.05, 0.1) is 0 Å². The van der Waals surface area contributed by atoms with Crippen molar-refractivity contribution in [3.8, 4) is 0 Å². The van der Waals surface area contributed by atoms with Crippen LogP contribution in [0, 0.1) is 0 Å². The molecule has 0 atom stereocenters. The summed E-state index contributed by atoms with van der Waals surface area (Å²) in [5.74, 6) is -1.23. The number of amides is 1. The van der Waals surface area contributed by atoms with Crippen LogP contribution >= 0.6 is 11.6 Å². The van der Waals surface area contributed by atoms with Gasteiger partial charge in [0.2, 0.25) is 0 Å². The van der Waals surface area contributed by atoms with E-state index in [1.165, 1.54) is 12.1 Å². The minimum absolute atomic E-state index is 0.0580. The van der Waals surface area contributed by atoms with Crippen LogP contribution in [-0.2, 0) is 14.8 Å². The van der Waals surface area contributed by atoms with Crippen molar-refractivity contribution in [2.45, 2.75) is 4.90 Å². The van der Waals surface area contributed by atoms with E-state index in [4.69, 9.17) is 11.6 Å². The van der Waals surface area contributed by atoms with Crippen LogP contribution in [-0.4, -0.2) is 19.4 Å². The van der Waals surface area contributed by atoms with Crippen molar-refractivity contribution in [3.63, 3.8) is 0 Å². The first-order valence-corrected chi connectivity index (χ1v) is 9.78. The molecule has 0 fully saturated rings. The van der Waals surface area contributed by atoms with E-state index < -0.39 is 27.4 Å². The van der Waals surface area contributed by atoms with Crippen LogP contribution in [0.5, 0.6) is 0 Å². The zero-order valence-corrected chi connectivity index (χ0v) is 15.3. The maximum Gasteiger partial charge on any atom is 0.276 e. The summed E-state index contributed by atoms with van der Waals surface area (Å²) in [6, 6.07) is 16.5. The van der Waals surface area contributed by atoms with Crippen LogP contribution in [0.15, 0.2) is 71.3 Å². The highest BCUT2D eigenvalue weighted by Crippen LogP contribution is 2.35. The lowest BCUT2D eigenvalue weighted by atomic mass is 10.0. The Balaban J connectivity index is 1.84. The molecule has 1 aliphatic rings. The van der Waals surface area contributed by atoms with Gasteiger partial charge in [-0.2, -0.15) is 0 Å². The van der Waals surface area contributed by atoms with Gasteiger partial charge in [-0.15, -0.1) is 0 Å². The highest BCUT2D eigenvalue weighted by molar-refractivity contribution is 7.90. The number of rotatable bonds is 2. The van der Waals surface area contributed by atoms with Crippen LogP contribution in [0.1, 0.15) is 5.56 Å². The smallest absolute Gasteiger partial charge is 0.276 e. The van der Waals surface area contributed by atoms with Crippen LogP contribution in [0.4, 0.5) is 5.69 Å². The van der Waals surface area contributed by atoms with E-state index >= 15 is 0 Å². The maximum atomic E-state index is 12.8. The number of aliphatic hydroxyl groups is 1. The summed E-state index contributed by atoms with van der Waals surface area (Å²) in [5.41, 5.74) is -0.00208. The number of benzene rings is 3. The molecule has 0 saturated carbocycles. The minimum atomic E-state index is -4.05. The van der Waals surface area contributed by atoms with Gasteiger partial charge >= 0.3 is 0 Å². The van der Waals surface area contributed by atoms with Gasteiger partial charge in [0.25, 0.3) is 15.9 Å². The Bertz CT molecular complexity index is 1240. The van der Waals surface area contributed by atoms with E-state index in [1.54, 1.807) is 48.5 Å². The Morgan fingerprint density at radius 1 is 1.04 bits per heavy atom. The number of hydrogen-bond acceptors (Lipinski definition) is 4. The van der Waals surface area contributed by atoms with Crippen LogP contribution in [0.3, 0.4) is 0 Å². The van der Waals surface area contributed by atoms with Gasteiger partial charge in [-0.1, -0.05) is 48.0 Å². The summed E-state index contributed by atoms with van der Waals surface area (Å²) < 4.78 is 27.8. The number of carbonyl (C=O) groups is 1. The summed E-state index contributed by atoms with van der Waals surface area (Å²) in [6.45, 7) is 0. The fourth-order valence-corrected chi connectivity index (χ4v) is 4.68. The fraction of sp³-hybridized carbons (Fsp3) is 0. The van der Waals surface area contributed by atoms with E-state index in [0.29, 0.717) is 21.5 Å². The number of halogens is 1. The van der Waals surface area contributed by atoms with E-state index in [-0.39, 0.29) is 10.5 Å². The molecule has 3 aromatic rings. The molecule has 0 aliphatic carbocycles. The molecule has 136 valence electrons. The maximum absolute atomic E-state index is 12.8. The molecule has 3 aromatic carbocycles. The highest BCUT2D eigenvalue weighted by atomic mass is 35.5. The summed E-state index contributed by atoms with van der Waals surface area (Å²) in [6.07, 6.45) is 0. The molecule has 0 saturated heterocycles. The van der Waals surface area contributed by atoms with E-state index in [1.807, 2.05) is 0 Å². The number of hydrogen-bond donors (Lipinski definition) is 3. The second-order valence-corrected chi connectivity index (χ2v) is 8.01. The molecular weight excluding hydrogens is 388 g/mol. The molecule has 27 heavy (non-hydrogen) atoms. The lowest BCUT2D eigenvalue weighted by molar-refractivity contribution is -0.113. The van der Waals surface area contributed by atoms with Gasteiger partial charge in [-0.05, 0) is 29.7 Å². The summed E-state index contributed by atoms with van der Waals surface area (Å²) in [5, 5.41) is 14.7. The van der Waals surface area contributed by atoms with Crippen molar-refractivity contribution in [3.05, 3.63) is 76.9 Å². The molecule has 1 heterocycles. The first kappa shape index (κ1) is 17.4. The van der Waals surface area contributed by atoms with Crippen LogP contribution < -0.4 is 10.0 Å². The fourth-order valence-electron chi connectivity index (χ4n) is 3.00. The minimum Gasteiger partial charge on any atom is -0.505 e. The topological polar surface area (TPSA) is 95.5 Å². The molecule has 0 unspecified atom stereocenters. The standard InChI is InChI=1S/C19H13ClN2O4S/c20-12-5-3-6-13(10-12)21-19(24)16-17(23)15-9-8-11-4-1-2-7-14(11)18(15)27(25,26)22-16/h1-10,22-23H,(H,21,24). The van der Waals surface area contributed by atoms with E-state index in [2.05, 4.69) is 10.0 Å². The monoisotopic (exact) mass is 400 g/mol. The van der Waals surface area contributed by atoms with Crippen molar-refractivity contribution in [1.29, 1.82) is 0 Å². The average molecular weight is 401 g/mol. The van der Waals surface area contributed by atoms with Crippen LogP contribution in [0.25, 0.3) is 16.5 Å². The molecule has 8 heteroatoms. The Morgan fingerprint density at radius 3 is 2.59 bits per heavy atom. The third-order valence-corrected chi connectivity index (χ3v) is 5.87. The first-order valence-electron chi connectivity index (χ1n) is 7.92. The first-order chi connectivity index (χ1) is 12.9. The Labute approximate surface area is 160 Å². The zero-order valence-electron chi connectivity index (χ0n) is 13.7. The molecule has 0 aromatic heterocycles. The number of anilines is 1. The van der Waals surface area contributed by atoms with Crippen molar-refractivity contribution in [1.82, 2.24) is 4.72 Å². The number of carbonyl (C=O) groups excluding carboxylic acids is 1. The third kappa shape index (κ3) is 3.01. The summed E-state index contributed by atoms with van der Waals surface area (Å²) >= 11 is 5.89. The zero-order chi connectivity index (χ0) is 19.2. The van der Waals surface area contributed by atoms with Crippen molar-refractivity contribution < 1.29 is 18.3 Å². The Hall–Kier alpha value is -3.03. The van der Waals surface area contributed by atoms with Crippen LogP contribution in [0.2, 0.25) is 5.02 Å². The average Bonchev–Trinajstić information content (AvgIpc) is 2.64. The van der Waals surface area contributed by atoms with Crippen molar-refractivity contribution in [2.24, 2.45) is 0 Å². The molecule has 0 bridgehead atoms.